The quantitative estimate of drug-likeness (QED) is 0.441. The van der Waals surface area contributed by atoms with E-state index in [1.165, 1.54) is 22.8 Å². The average Bonchev–Trinajstić information content (AvgIpc) is 3.16. The SMILES string of the molecule is O=C(Cn1c(=O)ccc2ccc(F)cc21)NCCC1OC(=O)c2cc(-c3ccccc3)ccc21. The molecule has 5 rings (SSSR count). The molecule has 1 amide bonds. The number of hydrogen-bond acceptors (Lipinski definition) is 4. The van der Waals surface area contributed by atoms with Crippen LogP contribution in [0.3, 0.4) is 0 Å². The number of nitrogens with one attached hydrogen (secondary N) is 1. The van der Waals surface area contributed by atoms with E-state index in [1.54, 1.807) is 12.1 Å². The largest absolute Gasteiger partial charge is 0.454 e. The normalized spacial score (nSPS) is 14.6. The first-order valence-electron chi connectivity index (χ1n) is 11.0. The molecular weight excluding hydrogens is 435 g/mol. The molecule has 0 bridgehead atoms. The number of nitrogens with zero attached hydrogens (tertiary/aromatic N) is 1. The van der Waals surface area contributed by atoms with Crippen molar-refractivity contribution < 1.29 is 18.7 Å². The third-order valence-electron chi connectivity index (χ3n) is 5.96. The highest BCUT2D eigenvalue weighted by Gasteiger charge is 2.31. The Hall–Kier alpha value is -4.26. The monoisotopic (exact) mass is 456 g/mol. The number of halogens is 1. The number of pyridine rings is 1. The molecule has 1 unspecified atom stereocenters. The molecule has 0 spiro atoms. The predicted octanol–water partition coefficient (Wildman–Crippen LogP) is 4.23. The van der Waals surface area contributed by atoms with Crippen LogP contribution in [0.4, 0.5) is 4.39 Å². The van der Waals surface area contributed by atoms with Crippen molar-refractivity contribution in [2.45, 2.75) is 19.1 Å². The van der Waals surface area contributed by atoms with Gasteiger partial charge in [-0.25, -0.2) is 9.18 Å². The highest BCUT2D eigenvalue weighted by molar-refractivity contribution is 5.95. The minimum atomic E-state index is -0.482. The Bertz CT molecular complexity index is 1460. The number of rotatable bonds is 6. The van der Waals surface area contributed by atoms with Gasteiger partial charge in [-0.15, -0.1) is 0 Å². The molecule has 2 heterocycles. The van der Waals surface area contributed by atoms with Crippen molar-refractivity contribution in [3.63, 3.8) is 0 Å². The Kier molecular flexibility index (Phi) is 5.67. The second kappa shape index (κ2) is 8.94. The van der Waals surface area contributed by atoms with Gasteiger partial charge >= 0.3 is 5.97 Å². The molecular formula is C27H21FN2O4. The fourth-order valence-electron chi connectivity index (χ4n) is 4.26. The standard InChI is InChI=1S/C27H21FN2O4/c28-20-9-6-18-8-11-26(32)30(23(18)15-20)16-25(31)29-13-12-24-21-10-7-19(14-22(21)27(33)34-24)17-4-2-1-3-5-17/h1-11,14-15,24H,12-13,16H2,(H,29,31). The van der Waals surface area contributed by atoms with Crippen LogP contribution in [0.25, 0.3) is 22.0 Å². The van der Waals surface area contributed by atoms with Crippen LogP contribution in [0.15, 0.2) is 83.7 Å². The zero-order valence-electron chi connectivity index (χ0n) is 18.2. The molecule has 170 valence electrons. The molecule has 1 N–H and O–H groups in total. The lowest BCUT2D eigenvalue weighted by Gasteiger charge is -2.13. The lowest BCUT2D eigenvalue weighted by Crippen LogP contribution is -2.33. The average molecular weight is 456 g/mol. The Labute approximate surface area is 194 Å². The predicted molar refractivity (Wildman–Crippen MR) is 126 cm³/mol. The van der Waals surface area contributed by atoms with Crippen molar-refractivity contribution in [1.82, 2.24) is 9.88 Å². The zero-order valence-corrected chi connectivity index (χ0v) is 18.2. The van der Waals surface area contributed by atoms with Gasteiger partial charge in [0.15, 0.2) is 0 Å². The maximum atomic E-state index is 13.7. The highest BCUT2D eigenvalue weighted by atomic mass is 19.1. The van der Waals surface area contributed by atoms with E-state index in [4.69, 9.17) is 4.74 Å². The number of carbonyl (C=O) groups is 2. The van der Waals surface area contributed by atoms with E-state index in [9.17, 15) is 18.8 Å². The summed E-state index contributed by atoms with van der Waals surface area (Å²) in [5.74, 6) is -1.25. The van der Waals surface area contributed by atoms with Crippen LogP contribution in [-0.4, -0.2) is 23.0 Å². The second-order valence-electron chi connectivity index (χ2n) is 8.16. The third-order valence-corrected chi connectivity index (χ3v) is 5.96. The lowest BCUT2D eigenvalue weighted by atomic mass is 9.97. The van der Waals surface area contributed by atoms with Gasteiger partial charge in [0.25, 0.3) is 5.56 Å². The molecule has 34 heavy (non-hydrogen) atoms. The van der Waals surface area contributed by atoms with Crippen molar-refractivity contribution in [3.05, 3.63) is 106 Å². The summed E-state index contributed by atoms with van der Waals surface area (Å²) >= 11 is 0. The first-order chi connectivity index (χ1) is 16.5. The maximum absolute atomic E-state index is 13.7. The number of fused-ring (bicyclic) bond motifs is 2. The molecule has 1 aliphatic heterocycles. The summed E-state index contributed by atoms with van der Waals surface area (Å²) in [4.78, 5) is 37.2. The Morgan fingerprint density at radius 3 is 2.56 bits per heavy atom. The van der Waals surface area contributed by atoms with E-state index in [-0.39, 0.29) is 30.5 Å². The number of cyclic esters (lactones) is 1. The highest BCUT2D eigenvalue weighted by Crippen LogP contribution is 2.35. The summed E-state index contributed by atoms with van der Waals surface area (Å²) in [6, 6.07) is 22.5. The van der Waals surface area contributed by atoms with Crippen LogP contribution >= 0.6 is 0 Å². The van der Waals surface area contributed by atoms with Gasteiger partial charge in [0.05, 0.1) is 11.1 Å². The van der Waals surface area contributed by atoms with Crippen LogP contribution in [0.5, 0.6) is 0 Å². The Morgan fingerprint density at radius 2 is 1.74 bits per heavy atom. The summed E-state index contributed by atoms with van der Waals surface area (Å²) < 4.78 is 20.4. The molecule has 4 aromatic rings. The van der Waals surface area contributed by atoms with Crippen molar-refractivity contribution in [1.29, 1.82) is 0 Å². The molecule has 0 radical (unpaired) electrons. The molecule has 7 heteroatoms. The van der Waals surface area contributed by atoms with Gasteiger partial charge in [0, 0.05) is 24.6 Å². The number of ether oxygens (including phenoxy) is 1. The number of amides is 1. The van der Waals surface area contributed by atoms with Gasteiger partial charge in [-0.3, -0.25) is 14.2 Å². The Balaban J connectivity index is 1.25. The molecule has 1 atom stereocenters. The first kappa shape index (κ1) is 21.6. The molecule has 3 aromatic carbocycles. The van der Waals surface area contributed by atoms with E-state index in [0.717, 1.165) is 16.7 Å². The van der Waals surface area contributed by atoms with E-state index in [2.05, 4.69) is 5.32 Å². The summed E-state index contributed by atoms with van der Waals surface area (Å²) in [6.07, 6.45) is -0.0594. The molecule has 0 fully saturated rings. The van der Waals surface area contributed by atoms with Gasteiger partial charge < -0.3 is 10.1 Å². The van der Waals surface area contributed by atoms with Crippen molar-refractivity contribution in [2.24, 2.45) is 0 Å². The van der Waals surface area contributed by atoms with Crippen molar-refractivity contribution in [2.75, 3.05) is 6.54 Å². The van der Waals surface area contributed by atoms with Gasteiger partial charge in [0.2, 0.25) is 5.91 Å². The van der Waals surface area contributed by atoms with Crippen LogP contribution in [0.1, 0.15) is 28.4 Å². The number of carbonyl (C=O) groups excluding carboxylic acids is 2. The minimum Gasteiger partial charge on any atom is -0.454 e. The number of esters is 1. The fourth-order valence-corrected chi connectivity index (χ4v) is 4.26. The van der Waals surface area contributed by atoms with Gasteiger partial charge in [-0.2, -0.15) is 0 Å². The van der Waals surface area contributed by atoms with Gasteiger partial charge in [0.1, 0.15) is 18.5 Å². The molecule has 6 nitrogen and oxygen atoms in total. The zero-order chi connectivity index (χ0) is 23.7. The van der Waals surface area contributed by atoms with E-state index in [0.29, 0.717) is 22.9 Å². The van der Waals surface area contributed by atoms with Gasteiger partial charge in [-0.1, -0.05) is 42.5 Å². The van der Waals surface area contributed by atoms with E-state index < -0.39 is 11.9 Å². The van der Waals surface area contributed by atoms with Crippen LogP contribution in [0, 0.1) is 5.82 Å². The molecule has 1 aromatic heterocycles. The first-order valence-corrected chi connectivity index (χ1v) is 11.0. The van der Waals surface area contributed by atoms with Gasteiger partial charge in [-0.05, 0) is 46.8 Å². The van der Waals surface area contributed by atoms with E-state index >= 15 is 0 Å². The molecule has 0 aliphatic carbocycles. The summed E-state index contributed by atoms with van der Waals surface area (Å²) in [6.45, 7) is 0.0195. The van der Waals surface area contributed by atoms with Crippen LogP contribution in [0.2, 0.25) is 0 Å². The number of hydrogen-bond donors (Lipinski definition) is 1. The van der Waals surface area contributed by atoms with Crippen LogP contribution in [-0.2, 0) is 16.1 Å². The summed E-state index contributed by atoms with van der Waals surface area (Å²) in [7, 11) is 0. The second-order valence-corrected chi connectivity index (χ2v) is 8.16. The maximum Gasteiger partial charge on any atom is 0.339 e. The molecule has 1 aliphatic rings. The number of aromatic nitrogens is 1. The summed E-state index contributed by atoms with van der Waals surface area (Å²) in [5.41, 5.74) is 3.23. The lowest BCUT2D eigenvalue weighted by molar-refractivity contribution is -0.121. The van der Waals surface area contributed by atoms with Crippen LogP contribution < -0.4 is 10.9 Å². The minimum absolute atomic E-state index is 0.235. The van der Waals surface area contributed by atoms with E-state index in [1.807, 2.05) is 48.5 Å². The third kappa shape index (κ3) is 4.20. The topological polar surface area (TPSA) is 77.4 Å². The fraction of sp³-hybridized carbons (Fsp3) is 0.148. The smallest absolute Gasteiger partial charge is 0.339 e. The Morgan fingerprint density at radius 1 is 0.941 bits per heavy atom. The summed E-state index contributed by atoms with van der Waals surface area (Å²) in [5, 5.41) is 3.43. The van der Waals surface area contributed by atoms with Crippen molar-refractivity contribution in [3.8, 4) is 11.1 Å². The van der Waals surface area contributed by atoms with Crippen molar-refractivity contribution >= 4 is 22.8 Å². The number of benzene rings is 3. The molecule has 0 saturated heterocycles. The molecule has 0 saturated carbocycles.